The Labute approximate surface area is 410 Å². The summed E-state index contributed by atoms with van der Waals surface area (Å²) in [6.45, 7) is 3.77. The quantitative estimate of drug-likeness (QED) is 0.141. The maximum Gasteiger partial charge on any atom is 0.432 e. The first-order valence-corrected chi connectivity index (χ1v) is 22.4. The first kappa shape index (κ1) is 47.4. The molecule has 11 aromatic rings. The van der Waals surface area contributed by atoms with Crippen molar-refractivity contribution < 1.29 is 31.1 Å². The van der Waals surface area contributed by atoms with Crippen molar-refractivity contribution in [2.24, 2.45) is 14.1 Å². The number of imidazole rings is 3. The second kappa shape index (κ2) is 18.1. The summed E-state index contributed by atoms with van der Waals surface area (Å²) in [5, 5.41) is 14.5. The topological polar surface area (TPSA) is 157 Å². The number of hydrogen-bond acceptors (Lipinski definition) is 9. The SMILES string of the molecule is Cn1c(=O)n(-c2ccc(C(C)(C)C#N)cc2)c2c3cc(-c4cnc5ccccc5c4)ccc3ncc21.Cn1c(Nc2ccc(C(F)(F)F)cc2)nc2cc(Oc3ccnc(-c4ncc(C(F)(F)F)[nH]4)c3)ccc21. The highest BCUT2D eigenvalue weighted by molar-refractivity contribution is 6.05. The Kier molecular flexibility index (Phi) is 11.8. The van der Waals surface area contributed by atoms with Crippen LogP contribution in [0.3, 0.4) is 0 Å². The minimum atomic E-state index is -4.56. The van der Waals surface area contributed by atoms with E-state index in [2.05, 4.69) is 59.5 Å². The van der Waals surface area contributed by atoms with E-state index in [1.165, 1.54) is 30.5 Å². The lowest BCUT2D eigenvalue weighted by atomic mass is 9.86. The third-order valence-corrected chi connectivity index (χ3v) is 12.3. The second-order valence-corrected chi connectivity index (χ2v) is 17.6. The van der Waals surface area contributed by atoms with Crippen LogP contribution in [0.1, 0.15) is 30.7 Å². The van der Waals surface area contributed by atoms with Crippen LogP contribution in [0.4, 0.5) is 38.0 Å². The van der Waals surface area contributed by atoms with Gasteiger partial charge in [0.05, 0.1) is 68.2 Å². The van der Waals surface area contributed by atoms with Crippen LogP contribution in [-0.4, -0.2) is 43.6 Å². The minimum Gasteiger partial charge on any atom is -0.457 e. The number of alkyl halides is 6. The number of nitrogens with one attached hydrogen (secondary N) is 2. The van der Waals surface area contributed by atoms with Crippen LogP contribution >= 0.6 is 0 Å². The Bertz CT molecular complexity index is 4000. The van der Waals surface area contributed by atoms with E-state index in [1.54, 1.807) is 52.2 Å². The van der Waals surface area contributed by atoms with Crippen molar-refractivity contribution in [3.05, 3.63) is 179 Å². The van der Waals surface area contributed by atoms with E-state index in [9.17, 15) is 36.4 Å². The highest BCUT2D eigenvalue weighted by atomic mass is 19.4. The summed E-state index contributed by atoms with van der Waals surface area (Å²) in [5.74, 6) is 1.06. The van der Waals surface area contributed by atoms with Gasteiger partial charge in [0, 0.05) is 60.6 Å². The number of halogens is 6. The molecule has 0 fully saturated rings. The molecule has 13 nitrogen and oxygen atoms in total. The number of aryl methyl sites for hydroxylation is 2. The molecular formula is C54H39F6N11O2. The van der Waals surface area contributed by atoms with Crippen LogP contribution < -0.4 is 15.7 Å². The first-order chi connectivity index (χ1) is 34.8. The number of para-hydroxylation sites is 1. The van der Waals surface area contributed by atoms with E-state index < -0.39 is 29.0 Å². The zero-order valence-corrected chi connectivity index (χ0v) is 39.0. The van der Waals surface area contributed by atoms with Gasteiger partial charge in [-0.3, -0.25) is 24.1 Å². The smallest absolute Gasteiger partial charge is 0.432 e. The van der Waals surface area contributed by atoms with Gasteiger partial charge in [0.2, 0.25) is 5.95 Å². The Balaban J connectivity index is 0.000000168. The van der Waals surface area contributed by atoms with Crippen molar-refractivity contribution in [1.29, 1.82) is 5.26 Å². The van der Waals surface area contributed by atoms with Gasteiger partial charge in [0.15, 0.2) is 5.82 Å². The van der Waals surface area contributed by atoms with Crippen LogP contribution in [-0.2, 0) is 31.9 Å². The highest BCUT2D eigenvalue weighted by Crippen LogP contribution is 2.35. The molecule has 364 valence electrons. The van der Waals surface area contributed by atoms with Crippen molar-refractivity contribution in [2.45, 2.75) is 31.6 Å². The fourth-order valence-electron chi connectivity index (χ4n) is 8.30. The molecule has 0 aliphatic heterocycles. The molecule has 0 unspecified atom stereocenters. The molecule has 19 heteroatoms. The normalized spacial score (nSPS) is 12.0. The minimum absolute atomic E-state index is 0.0584. The predicted octanol–water partition coefficient (Wildman–Crippen LogP) is 12.8. The molecule has 73 heavy (non-hydrogen) atoms. The molecule has 0 radical (unpaired) electrons. The van der Waals surface area contributed by atoms with Gasteiger partial charge in [-0.25, -0.2) is 14.8 Å². The van der Waals surface area contributed by atoms with Crippen molar-refractivity contribution in [3.8, 4) is 45.9 Å². The summed E-state index contributed by atoms with van der Waals surface area (Å²) in [5.41, 5.74) is 6.33. The molecule has 0 aliphatic rings. The summed E-state index contributed by atoms with van der Waals surface area (Å²) in [4.78, 5) is 37.1. The molecule has 6 heterocycles. The summed E-state index contributed by atoms with van der Waals surface area (Å²) >= 11 is 0. The average Bonchev–Trinajstić information content (AvgIpc) is 4.08. The van der Waals surface area contributed by atoms with E-state index in [0.29, 0.717) is 34.8 Å². The standard InChI is InChI=1S/C30H23N5O.C24H16F6N6O/c1-30(2,18-31)22-9-11-23(12-10-22)35-28-24-15-19(21-14-20-6-4-5-7-25(20)32-16-21)8-13-26(24)33-17-27(28)34(3)29(35)36;1-36-19-7-6-15(10-17(19)34-22(36)33-14-4-2-13(3-5-14)23(25,26)27)37-16-8-9-31-18(11-16)21-32-12-20(35-21)24(28,29)30/h4-17H,1-3H3;2-12H,1H3,(H,32,35)(H,33,34). The van der Waals surface area contributed by atoms with Gasteiger partial charge in [-0.2, -0.15) is 31.6 Å². The molecule has 6 aromatic heterocycles. The number of benzene rings is 5. The predicted molar refractivity (Wildman–Crippen MR) is 266 cm³/mol. The molecular weight excluding hydrogens is 949 g/mol. The van der Waals surface area contributed by atoms with Crippen LogP contribution in [0.2, 0.25) is 0 Å². The Hall–Kier alpha value is -9.31. The number of hydrogen-bond donors (Lipinski definition) is 2. The van der Waals surface area contributed by atoms with Crippen LogP contribution in [0.25, 0.3) is 72.2 Å². The number of ether oxygens (including phenoxy) is 1. The number of aromatic nitrogens is 9. The van der Waals surface area contributed by atoms with Crippen LogP contribution in [0, 0.1) is 11.3 Å². The fourth-order valence-corrected chi connectivity index (χ4v) is 8.30. The number of pyridine rings is 3. The Morgan fingerprint density at radius 2 is 1.38 bits per heavy atom. The third kappa shape index (κ3) is 9.29. The van der Waals surface area contributed by atoms with Gasteiger partial charge in [-0.15, -0.1) is 0 Å². The Morgan fingerprint density at radius 1 is 0.658 bits per heavy atom. The highest BCUT2D eigenvalue weighted by Gasteiger charge is 2.33. The van der Waals surface area contributed by atoms with Crippen molar-refractivity contribution in [1.82, 2.24) is 43.6 Å². The van der Waals surface area contributed by atoms with Gasteiger partial charge in [0.25, 0.3) is 0 Å². The molecule has 0 atom stereocenters. The number of nitriles is 1. The first-order valence-electron chi connectivity index (χ1n) is 22.4. The lowest BCUT2D eigenvalue weighted by Gasteiger charge is -2.16. The maximum absolute atomic E-state index is 13.4. The number of nitrogens with zero attached hydrogens (tertiary/aromatic N) is 9. The maximum atomic E-state index is 13.4. The van der Waals surface area contributed by atoms with E-state index in [1.807, 2.05) is 74.6 Å². The third-order valence-electron chi connectivity index (χ3n) is 12.3. The van der Waals surface area contributed by atoms with Gasteiger partial charge in [0.1, 0.15) is 22.9 Å². The van der Waals surface area contributed by atoms with Gasteiger partial charge < -0.3 is 19.6 Å². The molecule has 0 saturated heterocycles. The van der Waals surface area contributed by atoms with Crippen LogP contribution in [0.15, 0.2) is 157 Å². The monoisotopic (exact) mass is 987 g/mol. The summed E-state index contributed by atoms with van der Waals surface area (Å²) < 4.78 is 87.9. The largest absolute Gasteiger partial charge is 0.457 e. The molecule has 0 bridgehead atoms. The van der Waals surface area contributed by atoms with Gasteiger partial charge in [-0.05, 0) is 104 Å². The summed E-state index contributed by atoms with van der Waals surface area (Å²) in [7, 11) is 3.51. The number of fused-ring (bicyclic) bond motifs is 5. The molecule has 0 saturated carbocycles. The van der Waals surface area contributed by atoms with E-state index in [-0.39, 0.29) is 17.2 Å². The molecule has 0 aliphatic carbocycles. The van der Waals surface area contributed by atoms with E-state index in [4.69, 9.17) is 4.74 Å². The average molecular weight is 988 g/mol. The Morgan fingerprint density at radius 3 is 2.11 bits per heavy atom. The molecule has 11 rings (SSSR count). The van der Waals surface area contributed by atoms with Crippen molar-refractivity contribution in [2.75, 3.05) is 5.32 Å². The number of rotatable bonds is 8. The molecule has 5 aromatic carbocycles. The summed E-state index contributed by atoms with van der Waals surface area (Å²) in [6.07, 6.45) is -3.28. The molecule has 0 amide bonds. The fraction of sp³-hybridized carbons (Fsp3) is 0.130. The second-order valence-electron chi connectivity index (χ2n) is 17.6. The van der Waals surface area contributed by atoms with E-state index in [0.717, 1.165) is 72.9 Å². The zero-order chi connectivity index (χ0) is 51.4. The van der Waals surface area contributed by atoms with Crippen molar-refractivity contribution in [3.63, 3.8) is 0 Å². The number of aromatic amines is 1. The van der Waals surface area contributed by atoms with Crippen molar-refractivity contribution >= 4 is 55.5 Å². The summed E-state index contributed by atoms with van der Waals surface area (Å²) in [6, 6.07) is 38.9. The van der Waals surface area contributed by atoms with Crippen LogP contribution in [0.5, 0.6) is 11.5 Å². The molecule has 0 spiro atoms. The lowest BCUT2D eigenvalue weighted by Crippen LogP contribution is -2.21. The number of H-pyrrole nitrogens is 1. The number of anilines is 2. The lowest BCUT2D eigenvalue weighted by molar-refractivity contribution is -0.141. The zero-order valence-electron chi connectivity index (χ0n) is 39.0. The van der Waals surface area contributed by atoms with E-state index >= 15 is 0 Å². The van der Waals surface area contributed by atoms with Gasteiger partial charge >= 0.3 is 18.0 Å². The molecule has 2 N–H and O–H groups in total. The van der Waals surface area contributed by atoms with Gasteiger partial charge in [-0.1, -0.05) is 36.4 Å².